The number of fused-ring (bicyclic) bond motifs is 2. The van der Waals surface area contributed by atoms with Crippen molar-refractivity contribution in [1.29, 1.82) is 0 Å². The lowest BCUT2D eigenvalue weighted by atomic mass is 9.82. The van der Waals surface area contributed by atoms with Gasteiger partial charge in [0.25, 0.3) is 0 Å². The number of anilines is 1. The monoisotopic (exact) mass is 359 g/mol. The van der Waals surface area contributed by atoms with Crippen LogP contribution in [0, 0.1) is 0 Å². The van der Waals surface area contributed by atoms with E-state index in [9.17, 15) is 0 Å². The summed E-state index contributed by atoms with van der Waals surface area (Å²) in [4.78, 5) is 11.3. The molecule has 2 aliphatic rings. The van der Waals surface area contributed by atoms with E-state index in [0.29, 0.717) is 0 Å². The largest absolute Gasteiger partial charge is 0.332 e. The molecule has 4 heterocycles. The van der Waals surface area contributed by atoms with Crippen molar-refractivity contribution in [2.24, 2.45) is 0 Å². The van der Waals surface area contributed by atoms with E-state index >= 15 is 0 Å². The minimum atomic E-state index is -0.0606. The van der Waals surface area contributed by atoms with Crippen molar-refractivity contribution in [1.82, 2.24) is 9.97 Å². The van der Waals surface area contributed by atoms with Gasteiger partial charge in [-0.05, 0) is 49.2 Å². The molecule has 0 saturated heterocycles. The lowest BCUT2D eigenvalue weighted by Gasteiger charge is -2.23. The van der Waals surface area contributed by atoms with Gasteiger partial charge in [0.1, 0.15) is 17.7 Å². The van der Waals surface area contributed by atoms with Crippen LogP contribution in [0.2, 0.25) is 0 Å². The van der Waals surface area contributed by atoms with Crippen LogP contribution in [0.1, 0.15) is 38.8 Å². The fraction of sp³-hybridized carbons (Fsp3) is 0.348. The normalized spacial score (nSPS) is 21.3. The molecule has 2 aromatic heterocycles. The van der Waals surface area contributed by atoms with Gasteiger partial charge in [0, 0.05) is 29.9 Å². The van der Waals surface area contributed by atoms with Crippen LogP contribution in [0.15, 0.2) is 60.6 Å². The third-order valence-corrected chi connectivity index (χ3v) is 6.07. The third-order valence-electron chi connectivity index (χ3n) is 6.07. The minimum Gasteiger partial charge on any atom is -0.332 e. The number of nitrogens with zero attached hydrogens (tertiary/aromatic N) is 4. The first-order valence-electron chi connectivity index (χ1n) is 9.41. The van der Waals surface area contributed by atoms with E-state index < -0.39 is 0 Å². The molecule has 0 saturated carbocycles. The molecule has 27 heavy (non-hydrogen) atoms. The molecule has 0 radical (unpaired) electrons. The first-order valence-corrected chi connectivity index (χ1v) is 9.41. The number of hydrogen-bond acceptors (Lipinski definition) is 3. The van der Waals surface area contributed by atoms with Gasteiger partial charge in [-0.3, -0.25) is 0 Å². The van der Waals surface area contributed by atoms with E-state index in [1.165, 1.54) is 22.5 Å². The second-order valence-corrected chi connectivity index (χ2v) is 8.41. The zero-order valence-electron chi connectivity index (χ0n) is 17.0. The summed E-state index contributed by atoms with van der Waals surface area (Å²) in [7, 11) is 4.19. The summed E-state index contributed by atoms with van der Waals surface area (Å²) in [6.07, 6.45) is 10.3. The minimum absolute atomic E-state index is 0.0606. The van der Waals surface area contributed by atoms with E-state index in [0.717, 1.165) is 11.6 Å². The highest BCUT2D eigenvalue weighted by molar-refractivity contribution is 6.02. The van der Waals surface area contributed by atoms with Gasteiger partial charge in [0.15, 0.2) is 0 Å². The Kier molecular flexibility index (Phi) is 3.84. The molecule has 4 nitrogen and oxygen atoms in total. The van der Waals surface area contributed by atoms with Gasteiger partial charge in [-0.2, -0.15) is 0 Å². The van der Waals surface area contributed by atoms with Crippen molar-refractivity contribution in [3.8, 4) is 0 Å². The second-order valence-electron chi connectivity index (χ2n) is 8.41. The number of allylic oxidation sites excluding steroid dienone is 4. The van der Waals surface area contributed by atoms with Crippen LogP contribution in [0.3, 0.4) is 0 Å². The van der Waals surface area contributed by atoms with E-state index in [1.54, 1.807) is 0 Å². The Morgan fingerprint density at radius 3 is 2.30 bits per heavy atom. The zero-order chi connectivity index (χ0) is 19.4. The van der Waals surface area contributed by atoms with Gasteiger partial charge >= 0.3 is 5.82 Å². The molecule has 0 aliphatic carbocycles. The molecular weight excluding hydrogens is 332 g/mol. The molecule has 0 bridgehead atoms. The molecular formula is C23H27N4+. The summed E-state index contributed by atoms with van der Waals surface area (Å²) in [5, 5.41) is 0. The van der Waals surface area contributed by atoms with Crippen molar-refractivity contribution in [2.75, 3.05) is 19.0 Å². The highest BCUT2D eigenvalue weighted by atomic mass is 15.2. The summed E-state index contributed by atoms with van der Waals surface area (Å²) in [5.41, 5.74) is 4.93. The molecule has 0 amide bonds. The van der Waals surface area contributed by atoms with Crippen molar-refractivity contribution >= 4 is 17.3 Å². The Morgan fingerprint density at radius 1 is 0.963 bits per heavy atom. The van der Waals surface area contributed by atoms with Crippen LogP contribution in [0.25, 0.3) is 0 Å². The highest BCUT2D eigenvalue weighted by Gasteiger charge is 2.42. The average molecular weight is 359 g/mol. The van der Waals surface area contributed by atoms with Crippen LogP contribution >= 0.6 is 0 Å². The molecule has 0 atom stereocenters. The van der Waals surface area contributed by atoms with Crippen molar-refractivity contribution < 1.29 is 4.58 Å². The molecule has 0 N–H and O–H groups in total. The zero-order valence-corrected chi connectivity index (χ0v) is 17.0. The van der Waals surface area contributed by atoms with Crippen LogP contribution in [-0.2, 0) is 10.8 Å². The van der Waals surface area contributed by atoms with Crippen molar-refractivity contribution in [2.45, 2.75) is 38.5 Å². The summed E-state index contributed by atoms with van der Waals surface area (Å²) < 4.78 is 2.20. The standard InChI is InChI=1S/C23H27N4/c1-22(2)16-10-8-14-24-20(16)26(5)18(22)12-7-13-19-23(3,4)17-11-9-15-25-21(17)27(19)6/h7-15H,1-6H3/q+1. The van der Waals surface area contributed by atoms with Gasteiger partial charge in [-0.25, -0.2) is 9.56 Å². The van der Waals surface area contributed by atoms with Gasteiger partial charge in [0.05, 0.1) is 18.0 Å². The second kappa shape index (κ2) is 5.88. The van der Waals surface area contributed by atoms with Gasteiger partial charge in [-0.1, -0.05) is 26.0 Å². The third kappa shape index (κ3) is 2.47. The van der Waals surface area contributed by atoms with Gasteiger partial charge in [-0.15, -0.1) is 0 Å². The van der Waals surface area contributed by atoms with Crippen LogP contribution in [0.4, 0.5) is 11.6 Å². The summed E-state index contributed by atoms with van der Waals surface area (Å²) in [5.74, 6) is 2.09. The molecule has 0 spiro atoms. The quantitative estimate of drug-likeness (QED) is 0.747. The predicted octanol–water partition coefficient (Wildman–Crippen LogP) is 4.35. The topological polar surface area (TPSA) is 32.0 Å². The number of aromatic nitrogens is 2. The lowest BCUT2D eigenvalue weighted by molar-refractivity contribution is -0.406. The molecule has 0 fully saturated rings. The number of pyridine rings is 2. The maximum Gasteiger partial charge on any atom is 0.327 e. The fourth-order valence-electron chi connectivity index (χ4n) is 4.52. The van der Waals surface area contributed by atoms with E-state index in [2.05, 4.69) is 91.6 Å². The smallest absolute Gasteiger partial charge is 0.327 e. The van der Waals surface area contributed by atoms with Crippen molar-refractivity contribution in [3.63, 3.8) is 0 Å². The first-order chi connectivity index (χ1) is 12.8. The van der Waals surface area contributed by atoms with Crippen LogP contribution in [-0.4, -0.2) is 34.4 Å². The summed E-state index contributed by atoms with van der Waals surface area (Å²) in [6.45, 7) is 9.04. The maximum atomic E-state index is 4.57. The van der Waals surface area contributed by atoms with Gasteiger partial charge in [0.2, 0.25) is 0 Å². The molecule has 0 unspecified atom stereocenters. The maximum absolute atomic E-state index is 4.57. The summed E-state index contributed by atoms with van der Waals surface area (Å²) >= 11 is 0. The lowest BCUT2D eigenvalue weighted by Crippen LogP contribution is -2.26. The average Bonchev–Trinajstić information content (AvgIpc) is 2.96. The Morgan fingerprint density at radius 2 is 1.63 bits per heavy atom. The fourth-order valence-corrected chi connectivity index (χ4v) is 4.52. The Hall–Kier alpha value is -2.75. The first kappa shape index (κ1) is 17.7. The number of rotatable bonds is 2. The Balaban J connectivity index is 1.70. The SMILES string of the molecule is CN1C(=CC=CC2=[N+](C)c3ncccc3C2(C)C)C(C)(C)c2cccnc21. The van der Waals surface area contributed by atoms with E-state index in [-0.39, 0.29) is 10.8 Å². The molecule has 4 heteroatoms. The number of likely N-dealkylation sites (N-methyl/N-ethyl adjacent to an activating group) is 1. The van der Waals surface area contributed by atoms with Gasteiger partial charge < -0.3 is 4.90 Å². The predicted molar refractivity (Wildman–Crippen MR) is 111 cm³/mol. The van der Waals surface area contributed by atoms with E-state index in [1.807, 2.05) is 24.5 Å². The molecule has 138 valence electrons. The Bertz CT molecular complexity index is 1010. The molecule has 4 rings (SSSR count). The Labute approximate surface area is 161 Å². The van der Waals surface area contributed by atoms with Crippen LogP contribution in [0.5, 0.6) is 0 Å². The molecule has 2 aromatic rings. The van der Waals surface area contributed by atoms with Crippen molar-refractivity contribution in [3.05, 3.63) is 71.7 Å². The highest BCUT2D eigenvalue weighted by Crippen LogP contribution is 2.45. The molecule has 2 aliphatic heterocycles. The molecule has 0 aromatic carbocycles. The number of hydrogen-bond donors (Lipinski definition) is 0. The van der Waals surface area contributed by atoms with E-state index in [4.69, 9.17) is 0 Å². The van der Waals surface area contributed by atoms with Crippen LogP contribution < -0.4 is 4.90 Å². The summed E-state index contributed by atoms with van der Waals surface area (Å²) in [6, 6.07) is 8.38.